The number of aryl methyl sites for hydroxylation is 2. The number of methoxy groups -OCH3 is 1. The van der Waals surface area contributed by atoms with E-state index in [4.69, 9.17) is 14.0 Å². The molecule has 2 aromatic carbocycles. The number of aromatic nitrogens is 2. The van der Waals surface area contributed by atoms with Crippen molar-refractivity contribution in [3.63, 3.8) is 0 Å². The smallest absolute Gasteiger partial charge is 0.264 e. The Labute approximate surface area is 148 Å². The first-order valence-electron chi connectivity index (χ1n) is 7.43. The van der Waals surface area contributed by atoms with Gasteiger partial charge in [0.25, 0.3) is 5.89 Å². The van der Waals surface area contributed by atoms with Gasteiger partial charge in [0.15, 0.2) is 6.61 Å². The molecule has 0 saturated heterocycles. The molecular formula is C18H17BrN2O3. The van der Waals surface area contributed by atoms with Gasteiger partial charge < -0.3 is 14.0 Å². The summed E-state index contributed by atoms with van der Waals surface area (Å²) in [5, 5.41) is 3.99. The van der Waals surface area contributed by atoms with Crippen LogP contribution in [-0.4, -0.2) is 17.3 Å². The second-order valence-corrected chi connectivity index (χ2v) is 6.19. The summed E-state index contributed by atoms with van der Waals surface area (Å²) >= 11 is 3.54. The van der Waals surface area contributed by atoms with Gasteiger partial charge >= 0.3 is 0 Å². The van der Waals surface area contributed by atoms with Crippen LogP contribution in [0.4, 0.5) is 0 Å². The number of hydrogen-bond donors (Lipinski definition) is 0. The maximum Gasteiger partial charge on any atom is 0.264 e. The first kappa shape index (κ1) is 16.5. The Hall–Kier alpha value is -2.34. The van der Waals surface area contributed by atoms with Crippen molar-refractivity contribution in [1.29, 1.82) is 0 Å². The Balaban J connectivity index is 1.70. The molecule has 0 radical (unpaired) electrons. The van der Waals surface area contributed by atoms with Crippen LogP contribution in [0.2, 0.25) is 0 Å². The van der Waals surface area contributed by atoms with Crippen molar-refractivity contribution < 1.29 is 14.0 Å². The number of halogens is 1. The molecule has 0 spiro atoms. The molecule has 3 aromatic rings. The summed E-state index contributed by atoms with van der Waals surface area (Å²) in [6.45, 7) is 4.28. The molecule has 0 atom stereocenters. The van der Waals surface area contributed by atoms with E-state index in [1.807, 2.05) is 50.2 Å². The van der Waals surface area contributed by atoms with Crippen LogP contribution in [-0.2, 0) is 6.61 Å². The van der Waals surface area contributed by atoms with Crippen molar-refractivity contribution in [3.05, 3.63) is 57.9 Å². The Morgan fingerprint density at radius 1 is 1.04 bits per heavy atom. The number of benzene rings is 2. The molecule has 0 aliphatic rings. The van der Waals surface area contributed by atoms with Gasteiger partial charge in [0.1, 0.15) is 11.5 Å². The first-order valence-corrected chi connectivity index (χ1v) is 8.22. The van der Waals surface area contributed by atoms with Crippen LogP contribution in [0, 0.1) is 13.8 Å². The minimum Gasteiger partial charge on any atom is -0.497 e. The van der Waals surface area contributed by atoms with E-state index in [0.29, 0.717) is 11.7 Å². The van der Waals surface area contributed by atoms with Crippen molar-refractivity contribution in [1.82, 2.24) is 10.1 Å². The molecule has 1 aromatic heterocycles. The van der Waals surface area contributed by atoms with Gasteiger partial charge in [-0.1, -0.05) is 21.1 Å². The normalized spacial score (nSPS) is 10.7. The molecule has 1 heterocycles. The van der Waals surface area contributed by atoms with E-state index in [-0.39, 0.29) is 6.61 Å². The number of ether oxygens (including phenoxy) is 2. The van der Waals surface area contributed by atoms with E-state index in [2.05, 4.69) is 26.1 Å². The second-order valence-electron chi connectivity index (χ2n) is 5.40. The van der Waals surface area contributed by atoms with E-state index in [1.165, 1.54) is 0 Å². The van der Waals surface area contributed by atoms with Crippen LogP contribution in [0.5, 0.6) is 11.5 Å². The zero-order valence-electron chi connectivity index (χ0n) is 13.7. The van der Waals surface area contributed by atoms with Crippen LogP contribution >= 0.6 is 15.9 Å². The van der Waals surface area contributed by atoms with Gasteiger partial charge in [0, 0.05) is 10.0 Å². The minimum atomic E-state index is 0.226. The molecule has 0 saturated carbocycles. The van der Waals surface area contributed by atoms with Crippen LogP contribution in [0.15, 0.2) is 45.4 Å². The number of nitrogens with zero attached hydrogens (tertiary/aromatic N) is 2. The molecular weight excluding hydrogens is 372 g/mol. The van der Waals surface area contributed by atoms with E-state index >= 15 is 0 Å². The highest BCUT2D eigenvalue weighted by Gasteiger charge is 2.10. The summed E-state index contributed by atoms with van der Waals surface area (Å²) in [5.41, 5.74) is 3.10. The van der Waals surface area contributed by atoms with Gasteiger partial charge in [0.05, 0.1) is 7.11 Å². The fourth-order valence-electron chi connectivity index (χ4n) is 2.31. The Kier molecular flexibility index (Phi) is 4.85. The average molecular weight is 389 g/mol. The van der Waals surface area contributed by atoms with Crippen molar-refractivity contribution in [3.8, 4) is 22.9 Å². The molecule has 6 heteroatoms. The van der Waals surface area contributed by atoms with Gasteiger partial charge in [-0.3, -0.25) is 0 Å². The highest BCUT2D eigenvalue weighted by atomic mass is 79.9. The molecule has 0 aliphatic carbocycles. The van der Waals surface area contributed by atoms with Crippen LogP contribution < -0.4 is 9.47 Å². The third kappa shape index (κ3) is 3.59. The SMILES string of the molecule is COc1ccc(-c2noc(COc3cc(C)c(Br)c(C)c3)n2)cc1. The fraction of sp³-hybridized carbons (Fsp3) is 0.222. The van der Waals surface area contributed by atoms with Gasteiger partial charge in [-0.05, 0) is 61.4 Å². The molecule has 0 bridgehead atoms. The van der Waals surface area contributed by atoms with E-state index < -0.39 is 0 Å². The summed E-state index contributed by atoms with van der Waals surface area (Å²) < 4.78 is 17.2. The number of hydrogen-bond acceptors (Lipinski definition) is 5. The maximum absolute atomic E-state index is 5.76. The third-order valence-electron chi connectivity index (χ3n) is 3.59. The minimum absolute atomic E-state index is 0.226. The van der Waals surface area contributed by atoms with Gasteiger partial charge in [0.2, 0.25) is 5.82 Å². The first-order chi connectivity index (χ1) is 11.6. The highest BCUT2D eigenvalue weighted by Crippen LogP contribution is 2.27. The monoisotopic (exact) mass is 388 g/mol. The predicted molar refractivity (Wildman–Crippen MR) is 94.2 cm³/mol. The van der Waals surface area contributed by atoms with Crippen molar-refractivity contribution in [2.75, 3.05) is 7.11 Å². The fourth-order valence-corrected chi connectivity index (χ4v) is 2.53. The van der Waals surface area contributed by atoms with Gasteiger partial charge in [-0.2, -0.15) is 4.98 Å². The quantitative estimate of drug-likeness (QED) is 0.633. The van der Waals surface area contributed by atoms with Crippen LogP contribution in [0.3, 0.4) is 0 Å². The molecule has 24 heavy (non-hydrogen) atoms. The standard InChI is InChI=1S/C18H17BrN2O3/c1-11-8-15(9-12(2)17(11)19)23-10-16-20-18(21-24-16)13-4-6-14(22-3)7-5-13/h4-9H,10H2,1-3H3. The van der Waals surface area contributed by atoms with Crippen LogP contribution in [0.1, 0.15) is 17.0 Å². The Morgan fingerprint density at radius 2 is 1.71 bits per heavy atom. The molecule has 0 amide bonds. The molecule has 0 aliphatic heterocycles. The molecule has 0 unspecified atom stereocenters. The molecule has 3 rings (SSSR count). The van der Waals surface area contributed by atoms with Crippen LogP contribution in [0.25, 0.3) is 11.4 Å². The molecule has 0 N–H and O–H groups in total. The zero-order chi connectivity index (χ0) is 17.1. The summed E-state index contributed by atoms with van der Waals surface area (Å²) in [5.74, 6) is 2.52. The lowest BCUT2D eigenvalue weighted by Crippen LogP contribution is -1.97. The number of rotatable bonds is 5. The topological polar surface area (TPSA) is 57.4 Å². The zero-order valence-corrected chi connectivity index (χ0v) is 15.3. The Bertz CT molecular complexity index is 821. The lowest BCUT2D eigenvalue weighted by atomic mass is 10.1. The van der Waals surface area contributed by atoms with Crippen molar-refractivity contribution in [2.45, 2.75) is 20.5 Å². The second kappa shape index (κ2) is 7.05. The highest BCUT2D eigenvalue weighted by molar-refractivity contribution is 9.10. The maximum atomic E-state index is 5.76. The lowest BCUT2D eigenvalue weighted by molar-refractivity contribution is 0.242. The van der Waals surface area contributed by atoms with Gasteiger partial charge in [-0.15, -0.1) is 0 Å². The predicted octanol–water partition coefficient (Wildman–Crippen LogP) is 4.70. The van der Waals surface area contributed by atoms with E-state index in [0.717, 1.165) is 32.7 Å². The van der Waals surface area contributed by atoms with E-state index in [9.17, 15) is 0 Å². The summed E-state index contributed by atoms with van der Waals surface area (Å²) in [7, 11) is 1.63. The Morgan fingerprint density at radius 3 is 2.33 bits per heavy atom. The summed E-state index contributed by atoms with van der Waals surface area (Å²) in [6.07, 6.45) is 0. The van der Waals surface area contributed by atoms with E-state index in [1.54, 1.807) is 7.11 Å². The summed E-state index contributed by atoms with van der Waals surface area (Å²) in [4.78, 5) is 4.36. The van der Waals surface area contributed by atoms with Crippen molar-refractivity contribution in [2.24, 2.45) is 0 Å². The largest absolute Gasteiger partial charge is 0.497 e. The third-order valence-corrected chi connectivity index (χ3v) is 4.84. The lowest BCUT2D eigenvalue weighted by Gasteiger charge is -2.08. The summed E-state index contributed by atoms with van der Waals surface area (Å²) in [6, 6.07) is 11.4. The van der Waals surface area contributed by atoms with Gasteiger partial charge in [-0.25, -0.2) is 0 Å². The molecule has 124 valence electrons. The molecule has 0 fully saturated rings. The average Bonchev–Trinajstić information content (AvgIpc) is 3.07. The van der Waals surface area contributed by atoms with Crippen molar-refractivity contribution >= 4 is 15.9 Å². The molecule has 5 nitrogen and oxygen atoms in total.